The van der Waals surface area contributed by atoms with E-state index in [9.17, 15) is 13.2 Å². The van der Waals surface area contributed by atoms with Crippen molar-refractivity contribution in [1.29, 1.82) is 0 Å². The molecule has 168 valence electrons. The number of hydrogen-bond donors (Lipinski definition) is 2. The molecule has 0 fully saturated rings. The number of nitrogens with zero attached hydrogens (tertiary/aromatic N) is 1. The van der Waals surface area contributed by atoms with Crippen LogP contribution < -0.4 is 11.1 Å². The van der Waals surface area contributed by atoms with Gasteiger partial charge in [-0.1, -0.05) is 78.9 Å². The van der Waals surface area contributed by atoms with Crippen molar-refractivity contribution < 1.29 is 13.2 Å². The zero-order valence-electron chi connectivity index (χ0n) is 18.2. The second-order valence-corrected chi connectivity index (χ2v) is 10.1. The number of aromatic nitrogens is 1. The summed E-state index contributed by atoms with van der Waals surface area (Å²) < 4.78 is 24.8. The van der Waals surface area contributed by atoms with Gasteiger partial charge in [0.15, 0.2) is 9.84 Å². The molecule has 1 amide bonds. The number of benzene rings is 3. The molecule has 0 unspecified atom stereocenters. The first-order valence-electron chi connectivity index (χ1n) is 10.6. The van der Waals surface area contributed by atoms with E-state index in [0.717, 1.165) is 17.4 Å². The van der Waals surface area contributed by atoms with Gasteiger partial charge < -0.3 is 11.1 Å². The fraction of sp³-hybridized carbons (Fsp3) is 0.154. The molecule has 0 radical (unpaired) electrons. The third-order valence-corrected chi connectivity index (χ3v) is 6.23. The zero-order chi connectivity index (χ0) is 23.4. The molecule has 4 aromatic rings. The number of fused-ring (bicyclic) bond motifs is 1. The van der Waals surface area contributed by atoms with Crippen molar-refractivity contribution in [3.63, 3.8) is 0 Å². The monoisotopic (exact) mass is 459 g/mol. The maximum Gasteiger partial charge on any atom is 0.252 e. The number of amides is 1. The van der Waals surface area contributed by atoms with E-state index >= 15 is 0 Å². The molecule has 0 aliphatic rings. The molecule has 3 N–H and O–H groups in total. The third-order valence-electron chi connectivity index (χ3n) is 5.42. The largest absolute Gasteiger partial charge is 0.344 e. The van der Waals surface area contributed by atoms with Gasteiger partial charge in [-0.05, 0) is 11.6 Å². The predicted molar refractivity (Wildman–Crippen MR) is 131 cm³/mol. The Morgan fingerprint density at radius 1 is 0.939 bits per heavy atom. The van der Waals surface area contributed by atoms with Gasteiger partial charge in [0.05, 0.1) is 28.6 Å². The van der Waals surface area contributed by atoms with Gasteiger partial charge >= 0.3 is 0 Å². The number of nitrogens with one attached hydrogen (secondary N) is 1. The fourth-order valence-corrected chi connectivity index (χ4v) is 4.75. The van der Waals surface area contributed by atoms with E-state index in [0.29, 0.717) is 27.7 Å². The molecule has 33 heavy (non-hydrogen) atoms. The van der Waals surface area contributed by atoms with Crippen molar-refractivity contribution in [2.24, 2.45) is 5.73 Å². The number of sulfone groups is 1. The second kappa shape index (κ2) is 9.52. The lowest BCUT2D eigenvalue weighted by Crippen LogP contribution is -2.34. The summed E-state index contributed by atoms with van der Waals surface area (Å²) in [6.07, 6.45) is 1.16. The van der Waals surface area contributed by atoms with Gasteiger partial charge in [0.1, 0.15) is 0 Å². The average molecular weight is 460 g/mol. The van der Waals surface area contributed by atoms with E-state index in [4.69, 9.17) is 10.7 Å². The molecule has 0 spiro atoms. The Labute approximate surface area is 193 Å². The fourth-order valence-electron chi connectivity index (χ4n) is 3.94. The Hall–Kier alpha value is -3.55. The first kappa shape index (κ1) is 22.6. The number of carbonyl (C=O) groups is 1. The number of rotatable bonds is 7. The molecule has 3 aromatic carbocycles. The summed E-state index contributed by atoms with van der Waals surface area (Å²) in [4.78, 5) is 18.5. The van der Waals surface area contributed by atoms with Crippen LogP contribution in [0.25, 0.3) is 22.2 Å². The lowest BCUT2D eigenvalue weighted by atomic mass is 9.96. The Morgan fingerprint density at radius 3 is 2.18 bits per heavy atom. The first-order valence-corrected chi connectivity index (χ1v) is 12.6. The van der Waals surface area contributed by atoms with Gasteiger partial charge in [-0.3, -0.25) is 4.79 Å². The highest BCUT2D eigenvalue weighted by Crippen LogP contribution is 2.32. The summed E-state index contributed by atoms with van der Waals surface area (Å²) >= 11 is 0. The molecule has 4 rings (SSSR count). The maximum atomic E-state index is 13.7. The van der Waals surface area contributed by atoms with E-state index in [-0.39, 0.29) is 18.2 Å². The van der Waals surface area contributed by atoms with Crippen LogP contribution in [0.5, 0.6) is 0 Å². The minimum Gasteiger partial charge on any atom is -0.344 e. The van der Waals surface area contributed by atoms with Crippen LogP contribution in [0.3, 0.4) is 0 Å². The Bertz CT molecular complexity index is 1390. The zero-order valence-corrected chi connectivity index (χ0v) is 19.0. The Kier molecular flexibility index (Phi) is 6.53. The molecule has 0 saturated carbocycles. The van der Waals surface area contributed by atoms with Crippen LogP contribution in [0.15, 0.2) is 84.9 Å². The topological polar surface area (TPSA) is 102 Å². The average Bonchev–Trinajstić information content (AvgIpc) is 2.82. The summed E-state index contributed by atoms with van der Waals surface area (Å²) in [5.74, 6) is -0.695. The van der Waals surface area contributed by atoms with E-state index in [2.05, 4.69) is 5.32 Å². The Balaban J connectivity index is 1.93. The minimum atomic E-state index is -3.46. The van der Waals surface area contributed by atoms with Gasteiger partial charge in [-0.15, -0.1) is 0 Å². The van der Waals surface area contributed by atoms with E-state index in [1.54, 1.807) is 6.07 Å². The van der Waals surface area contributed by atoms with Crippen molar-refractivity contribution >= 4 is 26.6 Å². The summed E-state index contributed by atoms with van der Waals surface area (Å²) in [6, 6.07) is 25.6. The highest BCUT2D eigenvalue weighted by atomic mass is 32.2. The highest BCUT2D eigenvalue weighted by Gasteiger charge is 2.25. The van der Waals surface area contributed by atoms with Gasteiger partial charge in [-0.25, -0.2) is 13.4 Å². The summed E-state index contributed by atoms with van der Waals surface area (Å²) in [5, 5.41) is 3.60. The molecular weight excluding hydrogens is 434 g/mol. The highest BCUT2D eigenvalue weighted by molar-refractivity contribution is 7.89. The van der Waals surface area contributed by atoms with Crippen LogP contribution in [0.4, 0.5) is 0 Å². The SMILES string of the molecule is CS(=O)(=O)Cc1c(-c2ccccc2)nc2ccccc2c1C(=O)N[C@@H](CN)c1ccccc1. The number of carbonyl (C=O) groups excluding carboxylic acids is 1. The van der Waals surface area contributed by atoms with Gasteiger partial charge in [-0.2, -0.15) is 0 Å². The van der Waals surface area contributed by atoms with Gasteiger partial charge in [0, 0.05) is 29.3 Å². The number of nitrogens with two attached hydrogens (primary N) is 1. The van der Waals surface area contributed by atoms with Crippen LogP contribution in [-0.2, 0) is 15.6 Å². The smallest absolute Gasteiger partial charge is 0.252 e. The lowest BCUT2D eigenvalue weighted by molar-refractivity contribution is 0.0939. The van der Waals surface area contributed by atoms with Crippen LogP contribution in [-0.4, -0.2) is 32.1 Å². The maximum absolute atomic E-state index is 13.7. The Morgan fingerprint density at radius 2 is 1.55 bits per heavy atom. The van der Waals surface area contributed by atoms with E-state index in [1.165, 1.54) is 0 Å². The lowest BCUT2D eigenvalue weighted by Gasteiger charge is -2.21. The number of hydrogen-bond acceptors (Lipinski definition) is 5. The number of para-hydroxylation sites is 1. The molecule has 7 heteroatoms. The van der Waals surface area contributed by atoms with Crippen LogP contribution in [0.2, 0.25) is 0 Å². The summed E-state index contributed by atoms with van der Waals surface area (Å²) in [7, 11) is -3.46. The van der Waals surface area contributed by atoms with Crippen molar-refractivity contribution in [3.05, 3.63) is 102 Å². The van der Waals surface area contributed by atoms with Gasteiger partial charge in [0.25, 0.3) is 5.91 Å². The molecule has 0 saturated heterocycles. The van der Waals surface area contributed by atoms with Crippen LogP contribution >= 0.6 is 0 Å². The predicted octanol–water partition coefficient (Wildman–Crippen LogP) is 3.88. The van der Waals surface area contributed by atoms with Crippen LogP contribution in [0.1, 0.15) is 27.5 Å². The second-order valence-electron chi connectivity index (χ2n) is 7.94. The van der Waals surface area contributed by atoms with Crippen molar-refractivity contribution in [1.82, 2.24) is 10.3 Å². The molecule has 1 atom stereocenters. The molecule has 0 bridgehead atoms. The number of pyridine rings is 1. The quantitative estimate of drug-likeness (QED) is 0.437. The van der Waals surface area contributed by atoms with Crippen LogP contribution in [0, 0.1) is 0 Å². The van der Waals surface area contributed by atoms with Crippen molar-refractivity contribution in [2.45, 2.75) is 11.8 Å². The van der Waals surface area contributed by atoms with Crippen molar-refractivity contribution in [3.8, 4) is 11.3 Å². The molecule has 6 nitrogen and oxygen atoms in total. The first-order chi connectivity index (χ1) is 15.9. The van der Waals surface area contributed by atoms with Crippen molar-refractivity contribution in [2.75, 3.05) is 12.8 Å². The normalized spacial score (nSPS) is 12.4. The van der Waals surface area contributed by atoms with E-state index < -0.39 is 15.9 Å². The molecule has 0 aliphatic heterocycles. The summed E-state index contributed by atoms with van der Waals surface area (Å²) in [5.41, 5.74) is 9.38. The van der Waals surface area contributed by atoms with E-state index in [1.807, 2.05) is 78.9 Å². The molecule has 0 aliphatic carbocycles. The molecular formula is C26H25N3O3S. The standard InChI is InChI=1S/C26H25N3O3S/c1-33(31,32)17-21-24(26(30)29-23(16-27)18-10-4-2-5-11-18)20-14-8-9-15-22(20)28-25(21)19-12-6-3-7-13-19/h2-15,23H,16-17,27H2,1H3,(H,29,30)/t23-/m0/s1. The van der Waals surface area contributed by atoms with Gasteiger partial charge in [0.2, 0.25) is 0 Å². The summed E-state index contributed by atoms with van der Waals surface area (Å²) in [6.45, 7) is 0.200. The molecule has 1 aromatic heterocycles. The minimum absolute atomic E-state index is 0.200. The molecule has 1 heterocycles. The third kappa shape index (κ3) is 5.10.